The molecule has 1 aromatic carbocycles. The second-order valence-electron chi connectivity index (χ2n) is 9.27. The first-order valence-electron chi connectivity index (χ1n) is 11.9. The maximum atomic E-state index is 13.2. The summed E-state index contributed by atoms with van der Waals surface area (Å²) < 4.78 is 44.0. The highest BCUT2D eigenvalue weighted by Gasteiger charge is 2.38. The molecule has 0 radical (unpaired) electrons. The number of carbonyl (C=O) groups excluding carboxylic acids is 2. The lowest BCUT2D eigenvalue weighted by molar-refractivity contribution is -0.137. The van der Waals surface area contributed by atoms with Crippen molar-refractivity contribution in [3.05, 3.63) is 35.4 Å². The highest BCUT2D eigenvalue weighted by Crippen LogP contribution is 2.32. The zero-order valence-electron chi connectivity index (χ0n) is 18.8. The molecule has 2 aliphatic heterocycles. The van der Waals surface area contributed by atoms with E-state index in [0.717, 1.165) is 57.3 Å². The molecule has 0 bridgehead atoms. The molecule has 182 valence electrons. The van der Waals surface area contributed by atoms with Crippen LogP contribution in [-0.2, 0) is 15.7 Å². The van der Waals surface area contributed by atoms with Crippen molar-refractivity contribution in [3.8, 4) is 0 Å². The van der Waals surface area contributed by atoms with E-state index in [4.69, 9.17) is 4.74 Å². The van der Waals surface area contributed by atoms with Gasteiger partial charge < -0.3 is 15.0 Å². The van der Waals surface area contributed by atoms with Gasteiger partial charge in [0.05, 0.1) is 17.7 Å². The summed E-state index contributed by atoms with van der Waals surface area (Å²) in [6.07, 6.45) is 1.99. The van der Waals surface area contributed by atoms with E-state index in [9.17, 15) is 22.8 Å². The van der Waals surface area contributed by atoms with Gasteiger partial charge in [-0.3, -0.25) is 14.5 Å². The van der Waals surface area contributed by atoms with Crippen molar-refractivity contribution < 1.29 is 27.5 Å². The third-order valence-electron chi connectivity index (χ3n) is 7.10. The lowest BCUT2D eigenvalue weighted by Gasteiger charge is -2.41. The normalized spacial score (nSPS) is 23.6. The number of hydrogen-bond acceptors (Lipinski definition) is 4. The van der Waals surface area contributed by atoms with Crippen LogP contribution in [0.25, 0.3) is 0 Å². The van der Waals surface area contributed by atoms with E-state index < -0.39 is 11.7 Å². The van der Waals surface area contributed by atoms with Gasteiger partial charge in [0.25, 0.3) is 5.91 Å². The topological polar surface area (TPSA) is 61.9 Å². The van der Waals surface area contributed by atoms with Gasteiger partial charge in [0.15, 0.2) is 0 Å². The van der Waals surface area contributed by atoms with Crippen LogP contribution in [0.2, 0.25) is 0 Å². The Balaban J connectivity index is 1.35. The molecular weight excluding hydrogens is 435 g/mol. The molecule has 9 heteroatoms. The van der Waals surface area contributed by atoms with Crippen molar-refractivity contribution in [1.29, 1.82) is 0 Å². The van der Waals surface area contributed by atoms with E-state index >= 15 is 0 Å². The van der Waals surface area contributed by atoms with E-state index in [1.165, 1.54) is 12.1 Å². The first-order chi connectivity index (χ1) is 15.8. The van der Waals surface area contributed by atoms with Crippen LogP contribution in [0.5, 0.6) is 0 Å². The van der Waals surface area contributed by atoms with Gasteiger partial charge in [-0.2, -0.15) is 13.2 Å². The van der Waals surface area contributed by atoms with Crippen molar-refractivity contribution in [1.82, 2.24) is 15.1 Å². The van der Waals surface area contributed by atoms with Crippen molar-refractivity contribution in [2.24, 2.45) is 5.92 Å². The smallest absolute Gasteiger partial charge is 0.376 e. The van der Waals surface area contributed by atoms with Gasteiger partial charge in [0, 0.05) is 44.9 Å². The quantitative estimate of drug-likeness (QED) is 0.698. The van der Waals surface area contributed by atoms with Crippen molar-refractivity contribution in [2.45, 2.75) is 56.8 Å². The zero-order valence-corrected chi connectivity index (χ0v) is 18.8. The van der Waals surface area contributed by atoms with Crippen LogP contribution in [0.1, 0.15) is 54.4 Å². The maximum absolute atomic E-state index is 13.2. The van der Waals surface area contributed by atoms with Crippen molar-refractivity contribution in [3.63, 3.8) is 0 Å². The average molecular weight is 468 g/mol. The minimum atomic E-state index is -4.42. The fraction of sp³-hybridized carbons (Fsp3) is 0.667. The third-order valence-corrected chi connectivity index (χ3v) is 7.10. The summed E-state index contributed by atoms with van der Waals surface area (Å²) in [6.45, 7) is 3.32. The SMILES string of the molecule is O=C(NC[C@@H]1CCCO1)[C@H](C1CCCC1)N1CCN(C(=O)c2ccc(C(F)(F)F)cc2)CC1. The molecule has 2 amide bonds. The standard InChI is InChI=1S/C24H32F3N3O3/c25-24(26,27)19-9-7-18(8-10-19)23(32)30-13-11-29(12-14-30)21(17-4-1-2-5-17)22(31)28-16-20-6-3-15-33-20/h7-10,17,20-21H,1-6,11-16H2,(H,28,31)/t20-,21-/m0/s1. The van der Waals surface area contributed by atoms with E-state index in [1.807, 2.05) is 0 Å². The summed E-state index contributed by atoms with van der Waals surface area (Å²) in [6, 6.07) is 4.14. The second-order valence-corrected chi connectivity index (χ2v) is 9.27. The molecular formula is C24H32F3N3O3. The van der Waals surface area contributed by atoms with Crippen LogP contribution in [0, 0.1) is 5.92 Å². The summed E-state index contributed by atoms with van der Waals surface area (Å²) in [7, 11) is 0. The van der Waals surface area contributed by atoms with Gasteiger partial charge in [0.2, 0.25) is 5.91 Å². The molecule has 1 N–H and O–H groups in total. The largest absolute Gasteiger partial charge is 0.416 e. The molecule has 0 unspecified atom stereocenters. The summed E-state index contributed by atoms with van der Waals surface area (Å²) in [5.74, 6) is 0.0789. The predicted molar refractivity (Wildman–Crippen MR) is 117 cm³/mol. The summed E-state index contributed by atoms with van der Waals surface area (Å²) >= 11 is 0. The van der Waals surface area contributed by atoms with E-state index in [-0.39, 0.29) is 29.5 Å². The molecule has 2 heterocycles. The van der Waals surface area contributed by atoms with E-state index in [2.05, 4.69) is 10.2 Å². The van der Waals surface area contributed by atoms with Crippen molar-refractivity contribution >= 4 is 11.8 Å². The second kappa shape index (κ2) is 10.4. The Morgan fingerprint density at radius 3 is 2.24 bits per heavy atom. The highest BCUT2D eigenvalue weighted by atomic mass is 19.4. The van der Waals surface area contributed by atoms with Crippen LogP contribution in [-0.4, -0.2) is 73.1 Å². The van der Waals surface area contributed by atoms with Gasteiger partial charge in [-0.25, -0.2) is 0 Å². The first kappa shape index (κ1) is 24.0. The summed E-state index contributed by atoms with van der Waals surface area (Å²) in [5, 5.41) is 3.10. The van der Waals surface area contributed by atoms with Gasteiger partial charge >= 0.3 is 6.18 Å². The number of carbonyl (C=O) groups is 2. The number of halogens is 3. The third kappa shape index (κ3) is 5.87. The molecule has 0 aromatic heterocycles. The maximum Gasteiger partial charge on any atom is 0.416 e. The minimum absolute atomic E-state index is 0.0416. The Bertz CT molecular complexity index is 810. The number of alkyl halides is 3. The van der Waals surface area contributed by atoms with Crippen molar-refractivity contribution in [2.75, 3.05) is 39.3 Å². The number of hydrogen-bond donors (Lipinski definition) is 1. The zero-order chi connectivity index (χ0) is 23.4. The molecule has 3 aliphatic rings. The number of ether oxygens (including phenoxy) is 1. The molecule has 6 nitrogen and oxygen atoms in total. The van der Waals surface area contributed by atoms with Gasteiger partial charge in [0.1, 0.15) is 0 Å². The van der Waals surface area contributed by atoms with Crippen LogP contribution < -0.4 is 5.32 Å². The Labute approximate surface area is 192 Å². The Morgan fingerprint density at radius 2 is 1.67 bits per heavy atom. The molecule has 2 saturated heterocycles. The number of amides is 2. The van der Waals surface area contributed by atoms with Crippen LogP contribution in [0.3, 0.4) is 0 Å². The molecule has 4 rings (SSSR count). The fourth-order valence-electron chi connectivity index (χ4n) is 5.26. The fourth-order valence-corrected chi connectivity index (χ4v) is 5.26. The van der Waals surface area contributed by atoms with Gasteiger partial charge in [-0.05, 0) is 55.9 Å². The van der Waals surface area contributed by atoms with Crippen LogP contribution in [0.4, 0.5) is 13.2 Å². The Hall–Kier alpha value is -2.13. The van der Waals surface area contributed by atoms with Crippen LogP contribution >= 0.6 is 0 Å². The molecule has 3 fully saturated rings. The van der Waals surface area contributed by atoms with E-state index in [0.29, 0.717) is 38.6 Å². The number of nitrogens with zero attached hydrogens (tertiary/aromatic N) is 2. The Morgan fingerprint density at radius 1 is 1.00 bits per heavy atom. The molecule has 1 aromatic rings. The van der Waals surface area contributed by atoms with E-state index in [1.54, 1.807) is 4.90 Å². The number of rotatable bonds is 6. The van der Waals surface area contributed by atoms with Gasteiger partial charge in [-0.1, -0.05) is 12.8 Å². The molecule has 1 aliphatic carbocycles. The molecule has 0 spiro atoms. The minimum Gasteiger partial charge on any atom is -0.376 e. The highest BCUT2D eigenvalue weighted by molar-refractivity contribution is 5.94. The monoisotopic (exact) mass is 467 g/mol. The predicted octanol–water partition coefficient (Wildman–Crippen LogP) is 3.32. The number of benzene rings is 1. The van der Waals surface area contributed by atoms with Crippen LogP contribution in [0.15, 0.2) is 24.3 Å². The van der Waals surface area contributed by atoms with Gasteiger partial charge in [-0.15, -0.1) is 0 Å². The number of piperazine rings is 1. The first-order valence-corrected chi connectivity index (χ1v) is 11.9. The molecule has 2 atom stereocenters. The average Bonchev–Trinajstić information content (AvgIpc) is 3.52. The number of nitrogens with one attached hydrogen (secondary N) is 1. The summed E-state index contributed by atoms with van der Waals surface area (Å²) in [5.41, 5.74) is -0.518. The summed E-state index contributed by atoms with van der Waals surface area (Å²) in [4.78, 5) is 29.8. The lowest BCUT2D eigenvalue weighted by atomic mass is 9.94. The lowest BCUT2D eigenvalue weighted by Crippen LogP contribution is -2.58. The molecule has 33 heavy (non-hydrogen) atoms. The molecule has 1 saturated carbocycles. The Kier molecular flexibility index (Phi) is 7.58.